The van der Waals surface area contributed by atoms with E-state index < -0.39 is 0 Å². The maximum atomic E-state index is 11.9. The summed E-state index contributed by atoms with van der Waals surface area (Å²) in [5.41, 5.74) is 8.66. The minimum atomic E-state index is -0.131. The fourth-order valence-electron chi connectivity index (χ4n) is 2.05. The van der Waals surface area contributed by atoms with Crippen LogP contribution in [0.2, 0.25) is 0 Å². The van der Waals surface area contributed by atoms with Gasteiger partial charge in [0.15, 0.2) is 5.11 Å². The number of hydrogen-bond donors (Lipinski definition) is 3. The Morgan fingerprint density at radius 3 is 2.50 bits per heavy atom. The number of thioether (sulfide) groups is 1. The van der Waals surface area contributed by atoms with E-state index in [2.05, 4.69) is 23.1 Å². The van der Waals surface area contributed by atoms with Crippen LogP contribution in [0.1, 0.15) is 18.1 Å². The highest BCUT2D eigenvalue weighted by atomic mass is 32.2. The largest absolute Gasteiger partial charge is 0.331 e. The SMILES string of the molecule is CCc1ccccc1NC(=S)NNC(=O)CSc1ccc(C)cc1. The van der Waals surface area contributed by atoms with E-state index in [0.29, 0.717) is 10.9 Å². The van der Waals surface area contributed by atoms with Crippen molar-refractivity contribution >= 4 is 40.7 Å². The second-order valence-corrected chi connectivity index (χ2v) is 6.70. The predicted molar refractivity (Wildman–Crippen MR) is 105 cm³/mol. The van der Waals surface area contributed by atoms with Gasteiger partial charge in [0, 0.05) is 10.6 Å². The second kappa shape index (κ2) is 9.30. The molecule has 0 atom stereocenters. The summed E-state index contributed by atoms with van der Waals surface area (Å²) >= 11 is 6.69. The Balaban J connectivity index is 1.74. The highest BCUT2D eigenvalue weighted by Gasteiger charge is 2.05. The van der Waals surface area contributed by atoms with Crippen LogP contribution in [0.4, 0.5) is 5.69 Å². The van der Waals surface area contributed by atoms with Crippen LogP contribution in [0, 0.1) is 6.92 Å². The standard InChI is InChI=1S/C18H21N3OS2/c1-3-14-6-4-5-7-16(14)19-18(23)21-20-17(22)12-24-15-10-8-13(2)9-11-15/h4-11H,3,12H2,1-2H3,(H,20,22)(H2,19,21,23). The molecule has 0 fully saturated rings. The predicted octanol–water partition coefficient (Wildman–Crippen LogP) is 3.67. The Hall–Kier alpha value is -2.05. The zero-order valence-electron chi connectivity index (χ0n) is 13.8. The molecule has 0 aliphatic carbocycles. The number of benzene rings is 2. The maximum absolute atomic E-state index is 11.9. The molecule has 24 heavy (non-hydrogen) atoms. The number of para-hydroxylation sites is 1. The third kappa shape index (κ3) is 5.86. The monoisotopic (exact) mass is 359 g/mol. The fraction of sp³-hybridized carbons (Fsp3) is 0.222. The minimum absolute atomic E-state index is 0.131. The molecule has 0 bridgehead atoms. The number of hydrazine groups is 1. The van der Waals surface area contributed by atoms with Crippen molar-refractivity contribution in [1.82, 2.24) is 10.9 Å². The molecule has 0 aromatic heterocycles. The van der Waals surface area contributed by atoms with Crippen molar-refractivity contribution in [1.29, 1.82) is 0 Å². The van der Waals surface area contributed by atoms with Crippen molar-refractivity contribution < 1.29 is 4.79 Å². The molecule has 0 radical (unpaired) electrons. The van der Waals surface area contributed by atoms with E-state index in [0.717, 1.165) is 17.0 Å². The van der Waals surface area contributed by atoms with Crippen LogP contribution in [-0.2, 0) is 11.2 Å². The zero-order valence-corrected chi connectivity index (χ0v) is 15.4. The van der Waals surface area contributed by atoms with Crippen molar-refractivity contribution in [2.24, 2.45) is 0 Å². The Morgan fingerprint density at radius 1 is 1.08 bits per heavy atom. The topological polar surface area (TPSA) is 53.2 Å². The normalized spacial score (nSPS) is 10.1. The summed E-state index contributed by atoms with van der Waals surface area (Å²) in [5, 5.41) is 3.46. The van der Waals surface area contributed by atoms with Crippen LogP contribution >= 0.6 is 24.0 Å². The number of amides is 1. The molecule has 0 heterocycles. The van der Waals surface area contributed by atoms with Crippen molar-refractivity contribution in [2.75, 3.05) is 11.1 Å². The lowest BCUT2D eigenvalue weighted by Gasteiger charge is -2.14. The van der Waals surface area contributed by atoms with E-state index in [-0.39, 0.29) is 5.91 Å². The lowest BCUT2D eigenvalue weighted by atomic mass is 10.1. The summed E-state index contributed by atoms with van der Waals surface area (Å²) in [6.45, 7) is 4.12. The van der Waals surface area contributed by atoms with Crippen LogP contribution in [0.15, 0.2) is 53.4 Å². The molecule has 6 heteroatoms. The van der Waals surface area contributed by atoms with E-state index in [1.807, 2.05) is 55.5 Å². The van der Waals surface area contributed by atoms with Gasteiger partial charge in [0.1, 0.15) is 0 Å². The molecule has 3 N–H and O–H groups in total. The molecule has 0 saturated heterocycles. The Bertz CT molecular complexity index is 702. The van der Waals surface area contributed by atoms with Gasteiger partial charge in [0.2, 0.25) is 5.91 Å². The summed E-state index contributed by atoms with van der Waals surface area (Å²) in [4.78, 5) is 12.9. The third-order valence-corrected chi connectivity index (χ3v) is 4.57. The minimum Gasteiger partial charge on any atom is -0.331 e. The van der Waals surface area contributed by atoms with Gasteiger partial charge in [0.05, 0.1) is 5.75 Å². The summed E-state index contributed by atoms with van der Waals surface area (Å²) in [5.74, 6) is 0.193. The van der Waals surface area contributed by atoms with E-state index in [4.69, 9.17) is 12.2 Å². The van der Waals surface area contributed by atoms with Crippen LogP contribution in [0.25, 0.3) is 0 Å². The van der Waals surface area contributed by atoms with Crippen LogP contribution < -0.4 is 16.2 Å². The molecule has 2 aromatic rings. The van der Waals surface area contributed by atoms with Crippen LogP contribution in [0.3, 0.4) is 0 Å². The molecule has 0 aliphatic rings. The van der Waals surface area contributed by atoms with Crippen molar-refractivity contribution in [2.45, 2.75) is 25.2 Å². The molecule has 1 amide bonds. The van der Waals surface area contributed by atoms with Crippen LogP contribution in [-0.4, -0.2) is 16.8 Å². The van der Waals surface area contributed by atoms with Gasteiger partial charge in [-0.05, 0) is 49.3 Å². The Morgan fingerprint density at radius 2 is 1.79 bits per heavy atom. The molecule has 0 aliphatic heterocycles. The highest BCUT2D eigenvalue weighted by molar-refractivity contribution is 8.00. The number of aryl methyl sites for hydroxylation is 2. The highest BCUT2D eigenvalue weighted by Crippen LogP contribution is 2.17. The number of carbonyl (C=O) groups excluding carboxylic acids is 1. The van der Waals surface area contributed by atoms with Crippen LogP contribution in [0.5, 0.6) is 0 Å². The first-order valence-electron chi connectivity index (χ1n) is 7.71. The Kier molecular flexibility index (Phi) is 7.08. The summed E-state index contributed by atoms with van der Waals surface area (Å²) in [6, 6.07) is 16.0. The van der Waals surface area contributed by atoms with Gasteiger partial charge >= 0.3 is 0 Å². The first-order valence-corrected chi connectivity index (χ1v) is 9.11. The molecule has 2 rings (SSSR count). The lowest BCUT2D eigenvalue weighted by Crippen LogP contribution is -2.44. The fourth-order valence-corrected chi connectivity index (χ4v) is 2.91. The molecular weight excluding hydrogens is 338 g/mol. The Labute approximate surface area is 152 Å². The number of thiocarbonyl (C=S) groups is 1. The third-order valence-electron chi connectivity index (χ3n) is 3.35. The van der Waals surface area contributed by atoms with E-state index in [1.165, 1.54) is 22.9 Å². The van der Waals surface area contributed by atoms with Crippen molar-refractivity contribution in [3.63, 3.8) is 0 Å². The first-order chi connectivity index (χ1) is 11.6. The van der Waals surface area contributed by atoms with Gasteiger partial charge in [-0.3, -0.25) is 15.6 Å². The van der Waals surface area contributed by atoms with Gasteiger partial charge in [0.25, 0.3) is 0 Å². The molecule has 0 unspecified atom stereocenters. The summed E-state index contributed by atoms with van der Waals surface area (Å²) in [7, 11) is 0. The average Bonchev–Trinajstić information content (AvgIpc) is 2.60. The zero-order chi connectivity index (χ0) is 17.4. The molecule has 126 valence electrons. The number of hydrogen-bond acceptors (Lipinski definition) is 3. The lowest BCUT2D eigenvalue weighted by molar-refractivity contribution is -0.119. The van der Waals surface area contributed by atoms with E-state index in [9.17, 15) is 4.79 Å². The second-order valence-electron chi connectivity index (χ2n) is 5.24. The van der Waals surface area contributed by atoms with E-state index >= 15 is 0 Å². The quantitative estimate of drug-likeness (QED) is 0.432. The molecule has 4 nitrogen and oxygen atoms in total. The van der Waals surface area contributed by atoms with Gasteiger partial charge in [-0.2, -0.15) is 0 Å². The number of anilines is 1. The number of rotatable bonds is 5. The molecule has 2 aromatic carbocycles. The van der Waals surface area contributed by atoms with Gasteiger partial charge < -0.3 is 5.32 Å². The molecule has 0 saturated carbocycles. The summed E-state index contributed by atoms with van der Waals surface area (Å²) in [6.07, 6.45) is 0.908. The van der Waals surface area contributed by atoms with E-state index in [1.54, 1.807) is 0 Å². The average molecular weight is 360 g/mol. The number of nitrogens with one attached hydrogen (secondary N) is 3. The van der Waals surface area contributed by atoms with Crippen molar-refractivity contribution in [3.05, 3.63) is 59.7 Å². The van der Waals surface area contributed by atoms with Gasteiger partial charge in [-0.25, -0.2) is 0 Å². The molecular formula is C18H21N3OS2. The first kappa shape index (κ1) is 18.3. The number of carbonyl (C=O) groups is 1. The maximum Gasteiger partial charge on any atom is 0.248 e. The van der Waals surface area contributed by atoms with Crippen molar-refractivity contribution in [3.8, 4) is 0 Å². The summed E-state index contributed by atoms with van der Waals surface area (Å²) < 4.78 is 0. The van der Waals surface area contributed by atoms with Gasteiger partial charge in [-0.15, -0.1) is 11.8 Å². The smallest absolute Gasteiger partial charge is 0.248 e. The molecule has 0 spiro atoms. The van der Waals surface area contributed by atoms with Gasteiger partial charge in [-0.1, -0.05) is 42.8 Å².